The Morgan fingerprint density at radius 1 is 0.311 bits per heavy atom. The average molecular weight is 780 g/mol. The monoisotopic (exact) mass is 779 g/mol. The second-order valence-corrected chi connectivity index (χ2v) is 15.8. The molecule has 13 aromatic rings. The number of furan rings is 2. The number of nitrogens with zero attached hydrogens (tertiary/aromatic N) is 3. The van der Waals surface area contributed by atoms with Crippen molar-refractivity contribution in [2.75, 3.05) is 0 Å². The first-order valence-corrected chi connectivity index (χ1v) is 20.5. The van der Waals surface area contributed by atoms with Crippen LogP contribution >= 0.6 is 0 Å². The van der Waals surface area contributed by atoms with Gasteiger partial charge in [0.1, 0.15) is 22.3 Å². The lowest BCUT2D eigenvalue weighted by Crippen LogP contribution is -1.99. The fourth-order valence-electron chi connectivity index (χ4n) is 9.30. The molecule has 0 unspecified atom stereocenters. The van der Waals surface area contributed by atoms with Crippen molar-refractivity contribution in [2.24, 2.45) is 0 Å². The number of para-hydroxylation sites is 4. The Labute approximate surface area is 349 Å². The van der Waals surface area contributed by atoms with E-state index in [-0.39, 0.29) is 0 Å². The average Bonchev–Trinajstić information content (AvgIpc) is 4.00. The van der Waals surface area contributed by atoms with Crippen LogP contribution in [0.2, 0.25) is 0 Å². The van der Waals surface area contributed by atoms with E-state index in [1.807, 2.05) is 36.4 Å². The van der Waals surface area contributed by atoms with Crippen LogP contribution < -0.4 is 0 Å². The molecule has 0 aliphatic heterocycles. The molecule has 4 aromatic heterocycles. The molecular weight excluding hydrogens is 747 g/mol. The predicted octanol–water partition coefficient (Wildman–Crippen LogP) is 15.2. The van der Waals surface area contributed by atoms with E-state index in [0.29, 0.717) is 5.82 Å². The van der Waals surface area contributed by atoms with Crippen molar-refractivity contribution in [3.63, 3.8) is 0 Å². The molecule has 0 saturated carbocycles. The van der Waals surface area contributed by atoms with Gasteiger partial charge < -0.3 is 13.4 Å². The van der Waals surface area contributed by atoms with Gasteiger partial charge in [-0.15, -0.1) is 0 Å². The molecule has 61 heavy (non-hydrogen) atoms. The molecule has 0 N–H and O–H groups in total. The zero-order chi connectivity index (χ0) is 40.0. The number of hydrogen-bond acceptors (Lipinski definition) is 4. The first-order chi connectivity index (χ1) is 30.2. The first kappa shape index (κ1) is 33.7. The Morgan fingerprint density at radius 2 is 0.836 bits per heavy atom. The fourth-order valence-corrected chi connectivity index (χ4v) is 9.30. The van der Waals surface area contributed by atoms with Crippen LogP contribution in [0.3, 0.4) is 0 Å². The van der Waals surface area contributed by atoms with Crippen LogP contribution in [0.15, 0.2) is 209 Å². The summed E-state index contributed by atoms with van der Waals surface area (Å²) in [5.41, 5.74) is 15.0. The van der Waals surface area contributed by atoms with E-state index in [2.05, 4.69) is 168 Å². The molecule has 0 amide bonds. The summed E-state index contributed by atoms with van der Waals surface area (Å²) in [6, 6.07) is 70.5. The molecular formula is C56H33N3O2. The highest BCUT2D eigenvalue weighted by molar-refractivity contribution is 6.12. The Bertz CT molecular complexity index is 3890. The minimum atomic E-state index is 0.667. The van der Waals surface area contributed by atoms with Gasteiger partial charge in [0, 0.05) is 54.5 Å². The van der Waals surface area contributed by atoms with E-state index in [4.69, 9.17) is 18.8 Å². The number of aromatic nitrogens is 3. The summed E-state index contributed by atoms with van der Waals surface area (Å²) in [5, 5.41) is 7.80. The van der Waals surface area contributed by atoms with Crippen LogP contribution in [-0.2, 0) is 0 Å². The molecule has 4 heterocycles. The molecule has 0 spiro atoms. The maximum Gasteiger partial charge on any atom is 0.160 e. The van der Waals surface area contributed by atoms with E-state index in [1.54, 1.807) is 0 Å². The van der Waals surface area contributed by atoms with Gasteiger partial charge in [-0.05, 0) is 101 Å². The molecule has 0 aliphatic rings. The van der Waals surface area contributed by atoms with Crippen molar-refractivity contribution in [1.29, 1.82) is 0 Å². The van der Waals surface area contributed by atoms with Crippen molar-refractivity contribution in [3.05, 3.63) is 200 Å². The number of fused-ring (bicyclic) bond motifs is 10. The van der Waals surface area contributed by atoms with E-state index in [1.165, 1.54) is 10.8 Å². The Kier molecular flexibility index (Phi) is 7.24. The number of hydrogen-bond donors (Lipinski definition) is 0. The van der Waals surface area contributed by atoms with Crippen molar-refractivity contribution in [1.82, 2.24) is 14.5 Å². The summed E-state index contributed by atoms with van der Waals surface area (Å²) in [4.78, 5) is 10.6. The van der Waals surface area contributed by atoms with Crippen LogP contribution in [0, 0.1) is 0 Å². The molecule has 284 valence electrons. The molecule has 0 fully saturated rings. The summed E-state index contributed by atoms with van der Waals surface area (Å²) in [7, 11) is 0. The number of rotatable bonds is 5. The van der Waals surface area contributed by atoms with E-state index in [0.717, 1.165) is 111 Å². The topological polar surface area (TPSA) is 57.0 Å². The molecule has 9 aromatic carbocycles. The van der Waals surface area contributed by atoms with Gasteiger partial charge in [-0.3, -0.25) is 0 Å². The zero-order valence-corrected chi connectivity index (χ0v) is 32.7. The van der Waals surface area contributed by atoms with Crippen molar-refractivity contribution < 1.29 is 8.83 Å². The minimum Gasteiger partial charge on any atom is -0.456 e. The zero-order valence-electron chi connectivity index (χ0n) is 32.7. The Balaban J connectivity index is 1.05. The summed E-state index contributed by atoms with van der Waals surface area (Å²) < 4.78 is 14.8. The van der Waals surface area contributed by atoms with Gasteiger partial charge in [-0.2, -0.15) is 0 Å². The summed E-state index contributed by atoms with van der Waals surface area (Å²) in [5.74, 6) is 0.667. The van der Waals surface area contributed by atoms with E-state index in [9.17, 15) is 0 Å². The molecule has 0 radical (unpaired) electrons. The Morgan fingerprint density at radius 3 is 1.56 bits per heavy atom. The van der Waals surface area contributed by atoms with Crippen molar-refractivity contribution >= 4 is 76.6 Å². The summed E-state index contributed by atoms with van der Waals surface area (Å²) in [6.45, 7) is 0. The second-order valence-electron chi connectivity index (χ2n) is 15.8. The lowest BCUT2D eigenvalue weighted by Gasteiger charge is -2.15. The lowest BCUT2D eigenvalue weighted by atomic mass is 9.99. The highest BCUT2D eigenvalue weighted by Crippen LogP contribution is 2.40. The molecule has 5 nitrogen and oxygen atoms in total. The van der Waals surface area contributed by atoms with Crippen LogP contribution in [0.4, 0.5) is 0 Å². The quantitative estimate of drug-likeness (QED) is 0.175. The molecule has 13 rings (SSSR count). The largest absolute Gasteiger partial charge is 0.456 e. The molecule has 0 bridgehead atoms. The lowest BCUT2D eigenvalue weighted by molar-refractivity contribution is 0.668. The molecule has 5 heteroatoms. The van der Waals surface area contributed by atoms with Crippen LogP contribution in [0.5, 0.6) is 0 Å². The molecule has 0 atom stereocenters. The van der Waals surface area contributed by atoms with Crippen LogP contribution in [0.25, 0.3) is 127 Å². The number of benzene rings is 9. The smallest absolute Gasteiger partial charge is 0.160 e. The van der Waals surface area contributed by atoms with Gasteiger partial charge in [-0.1, -0.05) is 121 Å². The van der Waals surface area contributed by atoms with Gasteiger partial charge in [0.25, 0.3) is 0 Å². The highest BCUT2D eigenvalue weighted by Gasteiger charge is 2.19. The Hall–Kier alpha value is -8.28. The third-order valence-corrected chi connectivity index (χ3v) is 12.2. The molecule has 0 saturated heterocycles. The van der Waals surface area contributed by atoms with E-state index >= 15 is 0 Å². The maximum absolute atomic E-state index is 6.26. The third kappa shape index (κ3) is 5.34. The standard InChI is InChI=1S/C56H33N3O2/c1-2-12-34(13-3-1)55-44-17-4-8-18-48(44)57-56(58-55)39-28-38(37-24-27-54-47(33-37)43-16-7-11-21-52(43)61-54)29-40(30-39)59-49-19-9-5-14-41(49)45-31-35(22-25-50(45)59)36-23-26-53-46(32-36)42-15-6-10-20-51(42)60-53/h1-33H. The summed E-state index contributed by atoms with van der Waals surface area (Å²) >= 11 is 0. The first-order valence-electron chi connectivity index (χ1n) is 20.5. The van der Waals surface area contributed by atoms with Gasteiger partial charge in [0.15, 0.2) is 5.82 Å². The molecule has 0 aliphatic carbocycles. The van der Waals surface area contributed by atoms with Crippen LogP contribution in [-0.4, -0.2) is 14.5 Å². The van der Waals surface area contributed by atoms with Gasteiger partial charge >= 0.3 is 0 Å². The second kappa shape index (κ2) is 13.1. The minimum absolute atomic E-state index is 0.667. The van der Waals surface area contributed by atoms with Gasteiger partial charge in [0.05, 0.1) is 22.2 Å². The fraction of sp³-hybridized carbons (Fsp3) is 0. The summed E-state index contributed by atoms with van der Waals surface area (Å²) in [6.07, 6.45) is 0. The van der Waals surface area contributed by atoms with Crippen LogP contribution in [0.1, 0.15) is 0 Å². The van der Waals surface area contributed by atoms with Crippen molar-refractivity contribution in [3.8, 4) is 50.6 Å². The van der Waals surface area contributed by atoms with Gasteiger partial charge in [-0.25, -0.2) is 9.97 Å². The van der Waals surface area contributed by atoms with Crippen molar-refractivity contribution in [2.45, 2.75) is 0 Å². The maximum atomic E-state index is 6.26. The van der Waals surface area contributed by atoms with E-state index < -0.39 is 0 Å². The van der Waals surface area contributed by atoms with Gasteiger partial charge in [0.2, 0.25) is 0 Å². The normalized spacial score (nSPS) is 11.9. The highest BCUT2D eigenvalue weighted by atomic mass is 16.3. The predicted molar refractivity (Wildman–Crippen MR) is 250 cm³/mol. The third-order valence-electron chi connectivity index (χ3n) is 12.2. The SMILES string of the molecule is c1ccc(-c2nc(-c3cc(-c4ccc5oc6ccccc6c5c4)cc(-n4c5ccccc5c5cc(-c6ccc7oc8ccccc8c7c6)ccc54)c3)nc3ccccc23)cc1.